The quantitative estimate of drug-likeness (QED) is 0.806. The van der Waals surface area contributed by atoms with Crippen LogP contribution in [0, 0.1) is 0 Å². The summed E-state index contributed by atoms with van der Waals surface area (Å²) in [5, 5.41) is 9.52. The van der Waals surface area contributed by atoms with Gasteiger partial charge in [-0.3, -0.25) is 0 Å². The zero-order chi connectivity index (χ0) is 9.68. The van der Waals surface area contributed by atoms with Gasteiger partial charge in [0.2, 0.25) is 0 Å². The molecule has 3 heteroatoms. The van der Waals surface area contributed by atoms with Crippen molar-refractivity contribution in [3.05, 3.63) is 34.3 Å². The van der Waals surface area contributed by atoms with Gasteiger partial charge in [-0.1, -0.05) is 17.7 Å². The fraction of sp³-hybridized carbons (Fsp3) is 0.400. The van der Waals surface area contributed by atoms with Gasteiger partial charge in [0, 0.05) is 18.7 Å². The number of ether oxygens (including phenoxy) is 1. The van der Waals surface area contributed by atoms with Gasteiger partial charge in [-0.15, -0.1) is 0 Å². The molecule has 0 aliphatic heterocycles. The largest absolute Gasteiger partial charge is 0.396 e. The summed E-state index contributed by atoms with van der Waals surface area (Å²) in [6, 6.07) is 5.62. The highest BCUT2D eigenvalue weighted by molar-refractivity contribution is 6.30. The molecule has 0 spiro atoms. The standard InChI is InChI=1S/C10H13ClO2/c1-13-7-9-2-3-10(11)6-8(9)4-5-12/h2-3,6,12H,4-5,7H2,1H3. The van der Waals surface area contributed by atoms with E-state index in [1.807, 2.05) is 18.2 Å². The number of halogens is 1. The highest BCUT2D eigenvalue weighted by Gasteiger charge is 2.02. The number of rotatable bonds is 4. The first-order valence-electron chi connectivity index (χ1n) is 4.15. The lowest BCUT2D eigenvalue weighted by molar-refractivity contribution is 0.183. The van der Waals surface area contributed by atoms with Crippen LogP contribution in [-0.2, 0) is 17.8 Å². The van der Waals surface area contributed by atoms with Crippen LogP contribution in [0.25, 0.3) is 0 Å². The van der Waals surface area contributed by atoms with Crippen LogP contribution in [0.1, 0.15) is 11.1 Å². The van der Waals surface area contributed by atoms with Crippen LogP contribution in [0.15, 0.2) is 18.2 Å². The summed E-state index contributed by atoms with van der Waals surface area (Å²) in [5.41, 5.74) is 2.14. The van der Waals surface area contributed by atoms with Crippen molar-refractivity contribution in [1.29, 1.82) is 0 Å². The molecule has 1 rings (SSSR count). The third-order valence-electron chi connectivity index (χ3n) is 1.85. The molecule has 2 nitrogen and oxygen atoms in total. The van der Waals surface area contributed by atoms with Gasteiger partial charge in [0.25, 0.3) is 0 Å². The van der Waals surface area contributed by atoms with Crippen molar-refractivity contribution in [3.8, 4) is 0 Å². The van der Waals surface area contributed by atoms with Crippen LogP contribution >= 0.6 is 11.6 Å². The van der Waals surface area contributed by atoms with E-state index in [9.17, 15) is 0 Å². The number of hydrogen-bond acceptors (Lipinski definition) is 2. The van der Waals surface area contributed by atoms with Crippen LogP contribution in [0.2, 0.25) is 5.02 Å². The Bertz CT molecular complexity index is 274. The molecule has 0 atom stereocenters. The predicted octanol–water partition coefficient (Wildman–Crippen LogP) is 2.02. The molecular weight excluding hydrogens is 188 g/mol. The minimum Gasteiger partial charge on any atom is -0.396 e. The first kappa shape index (κ1) is 10.5. The highest BCUT2D eigenvalue weighted by Crippen LogP contribution is 2.17. The summed E-state index contributed by atoms with van der Waals surface area (Å²) < 4.78 is 5.03. The number of hydrogen-bond donors (Lipinski definition) is 1. The maximum absolute atomic E-state index is 8.82. The molecule has 0 saturated carbocycles. The van der Waals surface area contributed by atoms with Crippen molar-refractivity contribution < 1.29 is 9.84 Å². The van der Waals surface area contributed by atoms with Gasteiger partial charge < -0.3 is 9.84 Å². The van der Waals surface area contributed by atoms with Gasteiger partial charge in [0.15, 0.2) is 0 Å². The Morgan fingerprint density at radius 1 is 1.38 bits per heavy atom. The molecule has 0 fully saturated rings. The van der Waals surface area contributed by atoms with Gasteiger partial charge in [-0.25, -0.2) is 0 Å². The Labute approximate surface area is 83.1 Å². The molecule has 1 aromatic carbocycles. The van der Waals surface area contributed by atoms with Gasteiger partial charge in [-0.05, 0) is 29.7 Å². The Kier molecular flexibility index (Phi) is 4.22. The molecule has 0 saturated heterocycles. The summed E-state index contributed by atoms with van der Waals surface area (Å²) in [6.07, 6.45) is 0.624. The summed E-state index contributed by atoms with van der Waals surface area (Å²) >= 11 is 5.83. The maximum Gasteiger partial charge on any atom is 0.0715 e. The van der Waals surface area contributed by atoms with Crippen molar-refractivity contribution >= 4 is 11.6 Å². The molecule has 1 aromatic rings. The molecule has 0 radical (unpaired) electrons. The second-order valence-electron chi connectivity index (χ2n) is 2.82. The average molecular weight is 201 g/mol. The van der Waals surface area contributed by atoms with Crippen molar-refractivity contribution in [1.82, 2.24) is 0 Å². The second-order valence-corrected chi connectivity index (χ2v) is 3.26. The Hall–Kier alpha value is -0.570. The van der Waals surface area contributed by atoms with Crippen molar-refractivity contribution in [2.24, 2.45) is 0 Å². The lowest BCUT2D eigenvalue weighted by atomic mass is 10.1. The van der Waals surface area contributed by atoms with E-state index >= 15 is 0 Å². The number of methoxy groups -OCH3 is 1. The first-order chi connectivity index (χ1) is 6.27. The minimum absolute atomic E-state index is 0.136. The number of aliphatic hydroxyl groups is 1. The Morgan fingerprint density at radius 2 is 2.15 bits per heavy atom. The van der Waals surface area contributed by atoms with E-state index in [0.717, 1.165) is 11.1 Å². The molecule has 1 N–H and O–H groups in total. The molecule has 0 amide bonds. The molecule has 0 unspecified atom stereocenters. The van der Waals surface area contributed by atoms with E-state index in [1.165, 1.54) is 0 Å². The van der Waals surface area contributed by atoms with Crippen LogP contribution in [0.3, 0.4) is 0 Å². The van der Waals surface area contributed by atoms with Gasteiger partial charge in [0.1, 0.15) is 0 Å². The SMILES string of the molecule is COCc1ccc(Cl)cc1CCO. The molecule has 0 aromatic heterocycles. The van der Waals surface area contributed by atoms with E-state index in [1.54, 1.807) is 7.11 Å². The van der Waals surface area contributed by atoms with Crippen LogP contribution in [-0.4, -0.2) is 18.8 Å². The lowest BCUT2D eigenvalue weighted by Gasteiger charge is -2.07. The zero-order valence-corrected chi connectivity index (χ0v) is 8.34. The molecule has 0 heterocycles. The molecular formula is C10H13ClO2. The normalized spacial score (nSPS) is 10.4. The van der Waals surface area contributed by atoms with E-state index < -0.39 is 0 Å². The average Bonchev–Trinajstić information content (AvgIpc) is 2.10. The third-order valence-corrected chi connectivity index (χ3v) is 2.08. The van der Waals surface area contributed by atoms with Gasteiger partial charge in [-0.2, -0.15) is 0 Å². The van der Waals surface area contributed by atoms with Crippen LogP contribution in [0.4, 0.5) is 0 Å². The Balaban J connectivity index is 2.89. The smallest absolute Gasteiger partial charge is 0.0715 e. The van der Waals surface area contributed by atoms with Gasteiger partial charge in [0.05, 0.1) is 6.61 Å². The predicted molar refractivity (Wildman–Crippen MR) is 53.0 cm³/mol. The van der Waals surface area contributed by atoms with E-state index in [4.69, 9.17) is 21.4 Å². The fourth-order valence-electron chi connectivity index (χ4n) is 1.24. The first-order valence-corrected chi connectivity index (χ1v) is 4.53. The minimum atomic E-state index is 0.136. The van der Waals surface area contributed by atoms with Crippen molar-refractivity contribution in [2.45, 2.75) is 13.0 Å². The van der Waals surface area contributed by atoms with Crippen LogP contribution < -0.4 is 0 Å². The fourth-order valence-corrected chi connectivity index (χ4v) is 1.44. The second kappa shape index (κ2) is 5.22. The molecule has 0 bridgehead atoms. The van der Waals surface area contributed by atoms with Crippen molar-refractivity contribution in [3.63, 3.8) is 0 Å². The summed E-state index contributed by atoms with van der Waals surface area (Å²) in [6.45, 7) is 0.698. The summed E-state index contributed by atoms with van der Waals surface area (Å²) in [7, 11) is 1.65. The molecule has 13 heavy (non-hydrogen) atoms. The highest BCUT2D eigenvalue weighted by atomic mass is 35.5. The number of aliphatic hydroxyl groups excluding tert-OH is 1. The van der Waals surface area contributed by atoms with Gasteiger partial charge >= 0.3 is 0 Å². The zero-order valence-electron chi connectivity index (χ0n) is 7.59. The molecule has 72 valence electrons. The van der Waals surface area contributed by atoms with E-state index in [2.05, 4.69) is 0 Å². The summed E-state index contributed by atoms with van der Waals surface area (Å²) in [4.78, 5) is 0. The lowest BCUT2D eigenvalue weighted by Crippen LogP contribution is -1.98. The maximum atomic E-state index is 8.82. The van der Waals surface area contributed by atoms with E-state index in [0.29, 0.717) is 18.1 Å². The molecule has 0 aliphatic rings. The Morgan fingerprint density at radius 3 is 2.77 bits per heavy atom. The van der Waals surface area contributed by atoms with Crippen LogP contribution in [0.5, 0.6) is 0 Å². The topological polar surface area (TPSA) is 29.5 Å². The van der Waals surface area contributed by atoms with E-state index in [-0.39, 0.29) is 6.61 Å². The molecule has 0 aliphatic carbocycles. The van der Waals surface area contributed by atoms with Crippen molar-refractivity contribution in [2.75, 3.05) is 13.7 Å². The third kappa shape index (κ3) is 2.99. The summed E-state index contributed by atoms with van der Waals surface area (Å²) in [5.74, 6) is 0. The monoisotopic (exact) mass is 200 g/mol. The number of benzene rings is 1.